The summed E-state index contributed by atoms with van der Waals surface area (Å²) in [5.74, 6) is 0.0283. The number of nitriles is 2. The van der Waals surface area contributed by atoms with E-state index in [1.54, 1.807) is 0 Å². The molecule has 64 valence electrons. The number of phenolic OH excluding ortho intramolecular Hbond substituents is 1. The molecule has 0 saturated heterocycles. The van der Waals surface area contributed by atoms with Crippen molar-refractivity contribution in [2.45, 2.75) is 6.42 Å². The van der Waals surface area contributed by atoms with Crippen LogP contribution in [0.2, 0.25) is 0 Å². The molecular formula is C9H5BrN2O. The number of hydrogen-bond acceptors (Lipinski definition) is 3. The third kappa shape index (κ3) is 1.99. The molecule has 0 fully saturated rings. The number of nitrogens with zero attached hydrogens (tertiary/aromatic N) is 2. The van der Waals surface area contributed by atoms with Gasteiger partial charge in [-0.2, -0.15) is 10.5 Å². The van der Waals surface area contributed by atoms with E-state index < -0.39 is 0 Å². The van der Waals surface area contributed by atoms with E-state index in [1.165, 1.54) is 12.1 Å². The fraction of sp³-hybridized carbons (Fsp3) is 0.111. The zero-order valence-electron chi connectivity index (χ0n) is 6.58. The lowest BCUT2D eigenvalue weighted by atomic mass is 10.1. The van der Waals surface area contributed by atoms with Crippen LogP contribution in [0.5, 0.6) is 5.75 Å². The summed E-state index contributed by atoms with van der Waals surface area (Å²) in [5.41, 5.74) is 0.892. The number of rotatable bonds is 1. The Morgan fingerprint density at radius 3 is 2.62 bits per heavy atom. The zero-order valence-corrected chi connectivity index (χ0v) is 8.17. The molecule has 3 nitrogen and oxygen atoms in total. The first kappa shape index (κ1) is 9.57. The van der Waals surface area contributed by atoms with E-state index in [0.717, 1.165) is 0 Å². The van der Waals surface area contributed by atoms with Crippen LogP contribution in [0.15, 0.2) is 16.6 Å². The fourth-order valence-corrected chi connectivity index (χ4v) is 1.44. The van der Waals surface area contributed by atoms with Gasteiger partial charge in [0.15, 0.2) is 0 Å². The summed E-state index contributed by atoms with van der Waals surface area (Å²) < 4.78 is 0.441. The van der Waals surface area contributed by atoms with Gasteiger partial charge in [0, 0.05) is 5.56 Å². The lowest BCUT2D eigenvalue weighted by Gasteiger charge is -2.02. The quantitative estimate of drug-likeness (QED) is 0.812. The summed E-state index contributed by atoms with van der Waals surface area (Å²) in [6, 6.07) is 6.87. The van der Waals surface area contributed by atoms with E-state index in [2.05, 4.69) is 15.9 Å². The van der Waals surface area contributed by atoms with Gasteiger partial charge >= 0.3 is 0 Å². The maximum absolute atomic E-state index is 9.44. The van der Waals surface area contributed by atoms with E-state index >= 15 is 0 Å². The molecule has 0 atom stereocenters. The predicted molar refractivity (Wildman–Crippen MR) is 49.8 cm³/mol. The van der Waals surface area contributed by atoms with E-state index in [4.69, 9.17) is 10.5 Å². The Morgan fingerprint density at radius 2 is 2.08 bits per heavy atom. The smallest absolute Gasteiger partial charge is 0.134 e. The first-order valence-corrected chi connectivity index (χ1v) is 4.26. The van der Waals surface area contributed by atoms with Crippen LogP contribution >= 0.6 is 15.9 Å². The molecule has 1 aromatic carbocycles. The molecule has 0 heterocycles. The zero-order chi connectivity index (χ0) is 9.84. The van der Waals surface area contributed by atoms with Gasteiger partial charge in [-0.15, -0.1) is 0 Å². The van der Waals surface area contributed by atoms with Crippen molar-refractivity contribution in [1.82, 2.24) is 0 Å². The summed E-state index contributed by atoms with van der Waals surface area (Å²) in [7, 11) is 0. The third-order valence-corrected chi connectivity index (χ3v) is 2.15. The van der Waals surface area contributed by atoms with E-state index in [-0.39, 0.29) is 12.2 Å². The average Bonchev–Trinajstić information content (AvgIpc) is 2.13. The van der Waals surface area contributed by atoms with Crippen LogP contribution in [0.25, 0.3) is 0 Å². The van der Waals surface area contributed by atoms with Crippen molar-refractivity contribution in [2.75, 3.05) is 0 Å². The largest absolute Gasteiger partial charge is 0.506 e. The molecule has 0 aliphatic carbocycles. The average molecular weight is 237 g/mol. The Kier molecular flexibility index (Phi) is 2.89. The highest BCUT2D eigenvalue weighted by Crippen LogP contribution is 2.29. The Balaban J connectivity index is 3.28. The SMILES string of the molecule is N#CCc1cc(C#N)cc(Br)c1O. The third-order valence-electron chi connectivity index (χ3n) is 1.54. The minimum Gasteiger partial charge on any atom is -0.506 e. The molecule has 1 aromatic rings. The minimum atomic E-state index is 0.0283. The Hall–Kier alpha value is -1.52. The molecule has 0 amide bonds. The van der Waals surface area contributed by atoms with Crippen molar-refractivity contribution >= 4 is 15.9 Å². The highest BCUT2D eigenvalue weighted by molar-refractivity contribution is 9.10. The molecule has 0 aliphatic rings. The number of hydrogen-bond donors (Lipinski definition) is 1. The first-order chi connectivity index (χ1) is 6.19. The van der Waals surface area contributed by atoms with E-state index in [1.807, 2.05) is 12.1 Å². The molecule has 1 rings (SSSR count). The predicted octanol–water partition coefficient (Wildman–Crippen LogP) is 2.09. The highest BCUT2D eigenvalue weighted by Gasteiger charge is 2.07. The van der Waals surface area contributed by atoms with Crippen molar-refractivity contribution < 1.29 is 5.11 Å². The summed E-state index contributed by atoms with van der Waals surface area (Å²) in [6.45, 7) is 0. The van der Waals surface area contributed by atoms with Gasteiger partial charge in [0.2, 0.25) is 0 Å². The van der Waals surface area contributed by atoms with Crippen molar-refractivity contribution in [2.24, 2.45) is 0 Å². The van der Waals surface area contributed by atoms with Gasteiger partial charge in [-0.25, -0.2) is 0 Å². The second-order valence-electron chi connectivity index (χ2n) is 2.41. The fourth-order valence-electron chi connectivity index (χ4n) is 0.940. The van der Waals surface area contributed by atoms with Crippen LogP contribution in [-0.4, -0.2) is 5.11 Å². The van der Waals surface area contributed by atoms with Crippen LogP contribution < -0.4 is 0 Å². The summed E-state index contributed by atoms with van der Waals surface area (Å²) >= 11 is 3.10. The number of aromatic hydroxyl groups is 1. The Bertz CT molecular complexity index is 415. The molecule has 13 heavy (non-hydrogen) atoms. The van der Waals surface area contributed by atoms with Crippen LogP contribution in [0.1, 0.15) is 11.1 Å². The normalized spacial score (nSPS) is 8.85. The molecule has 0 aromatic heterocycles. The lowest BCUT2D eigenvalue weighted by Crippen LogP contribution is -1.86. The molecule has 0 radical (unpaired) electrons. The Labute approximate surface area is 84.0 Å². The molecule has 0 aliphatic heterocycles. The maximum atomic E-state index is 9.44. The second-order valence-corrected chi connectivity index (χ2v) is 3.27. The molecule has 0 unspecified atom stereocenters. The molecule has 0 saturated carbocycles. The van der Waals surface area contributed by atoms with Crippen molar-refractivity contribution in [3.63, 3.8) is 0 Å². The molecular weight excluding hydrogens is 232 g/mol. The monoisotopic (exact) mass is 236 g/mol. The van der Waals surface area contributed by atoms with E-state index in [0.29, 0.717) is 15.6 Å². The van der Waals surface area contributed by atoms with Gasteiger partial charge in [0.1, 0.15) is 5.75 Å². The molecule has 0 spiro atoms. The number of benzene rings is 1. The van der Waals surface area contributed by atoms with Crippen LogP contribution in [0.4, 0.5) is 0 Å². The Morgan fingerprint density at radius 1 is 1.38 bits per heavy atom. The van der Waals surface area contributed by atoms with Gasteiger partial charge in [0.05, 0.1) is 28.6 Å². The van der Waals surface area contributed by atoms with Crippen LogP contribution in [0, 0.1) is 22.7 Å². The minimum absolute atomic E-state index is 0.0283. The molecule has 4 heteroatoms. The standard InChI is InChI=1S/C9H5BrN2O/c10-8-4-6(5-12)3-7(1-2-11)9(8)13/h3-4,13H,1H2. The summed E-state index contributed by atoms with van der Waals surface area (Å²) in [4.78, 5) is 0. The van der Waals surface area contributed by atoms with Crippen molar-refractivity contribution in [3.05, 3.63) is 27.7 Å². The van der Waals surface area contributed by atoms with Gasteiger partial charge in [0.25, 0.3) is 0 Å². The van der Waals surface area contributed by atoms with Crippen LogP contribution in [-0.2, 0) is 6.42 Å². The molecule has 0 bridgehead atoms. The summed E-state index contributed by atoms with van der Waals surface area (Å²) in [6.07, 6.45) is 0.0972. The molecule has 1 N–H and O–H groups in total. The first-order valence-electron chi connectivity index (χ1n) is 3.47. The second kappa shape index (κ2) is 3.93. The van der Waals surface area contributed by atoms with E-state index in [9.17, 15) is 5.11 Å². The summed E-state index contributed by atoms with van der Waals surface area (Å²) in [5, 5.41) is 26.5. The number of halogens is 1. The van der Waals surface area contributed by atoms with Crippen molar-refractivity contribution in [3.8, 4) is 17.9 Å². The maximum Gasteiger partial charge on any atom is 0.134 e. The lowest BCUT2D eigenvalue weighted by molar-refractivity contribution is 0.466. The van der Waals surface area contributed by atoms with Gasteiger partial charge in [-0.3, -0.25) is 0 Å². The van der Waals surface area contributed by atoms with Gasteiger partial charge in [-0.1, -0.05) is 0 Å². The topological polar surface area (TPSA) is 67.8 Å². The highest BCUT2D eigenvalue weighted by atomic mass is 79.9. The van der Waals surface area contributed by atoms with Crippen LogP contribution in [0.3, 0.4) is 0 Å². The van der Waals surface area contributed by atoms with Crippen molar-refractivity contribution in [1.29, 1.82) is 10.5 Å². The van der Waals surface area contributed by atoms with Gasteiger partial charge < -0.3 is 5.11 Å². The number of phenols is 1. The van der Waals surface area contributed by atoms with Gasteiger partial charge in [-0.05, 0) is 28.1 Å².